The van der Waals surface area contributed by atoms with Gasteiger partial charge < -0.3 is 4.74 Å². The SMILES string of the molecule is Cc1ccc(C(=O)OCC(=O)NNC(=O)c2ccccc2)s1. The second-order valence-electron chi connectivity index (χ2n) is 4.35. The Kier molecular flexibility index (Phi) is 5.26. The molecule has 0 radical (unpaired) electrons. The van der Waals surface area contributed by atoms with Crippen LogP contribution in [-0.2, 0) is 9.53 Å². The molecule has 0 atom stereocenters. The lowest BCUT2D eigenvalue weighted by Gasteiger charge is -2.07. The average Bonchev–Trinajstić information content (AvgIpc) is 2.97. The number of hydrazine groups is 1. The van der Waals surface area contributed by atoms with Crippen LogP contribution in [0.5, 0.6) is 0 Å². The maximum Gasteiger partial charge on any atom is 0.348 e. The van der Waals surface area contributed by atoms with Crippen molar-refractivity contribution >= 4 is 29.1 Å². The van der Waals surface area contributed by atoms with Crippen molar-refractivity contribution < 1.29 is 19.1 Å². The molecule has 0 saturated heterocycles. The van der Waals surface area contributed by atoms with Gasteiger partial charge in [-0.15, -0.1) is 11.3 Å². The van der Waals surface area contributed by atoms with Gasteiger partial charge in [0.2, 0.25) is 0 Å². The highest BCUT2D eigenvalue weighted by atomic mass is 32.1. The Bertz CT molecular complexity index is 682. The van der Waals surface area contributed by atoms with Crippen molar-refractivity contribution in [1.82, 2.24) is 10.9 Å². The topological polar surface area (TPSA) is 84.5 Å². The molecular formula is C15H14N2O4S. The zero-order valence-corrected chi connectivity index (χ0v) is 12.6. The van der Waals surface area contributed by atoms with E-state index >= 15 is 0 Å². The smallest absolute Gasteiger partial charge is 0.348 e. The summed E-state index contributed by atoms with van der Waals surface area (Å²) in [6.45, 7) is 1.40. The van der Waals surface area contributed by atoms with Crippen molar-refractivity contribution in [3.63, 3.8) is 0 Å². The van der Waals surface area contributed by atoms with E-state index in [0.717, 1.165) is 4.88 Å². The van der Waals surface area contributed by atoms with Crippen LogP contribution in [0, 0.1) is 6.92 Å². The van der Waals surface area contributed by atoms with Crippen molar-refractivity contribution in [2.24, 2.45) is 0 Å². The van der Waals surface area contributed by atoms with Crippen molar-refractivity contribution in [2.45, 2.75) is 6.92 Å². The first-order valence-electron chi connectivity index (χ1n) is 6.44. The van der Waals surface area contributed by atoms with Crippen LogP contribution in [0.3, 0.4) is 0 Å². The summed E-state index contributed by atoms with van der Waals surface area (Å²) < 4.78 is 4.85. The normalized spacial score (nSPS) is 9.86. The first kappa shape index (κ1) is 15.7. The number of hydrogen-bond acceptors (Lipinski definition) is 5. The Hall–Kier alpha value is -2.67. The lowest BCUT2D eigenvalue weighted by Crippen LogP contribution is -2.43. The molecule has 2 N–H and O–H groups in total. The van der Waals surface area contributed by atoms with Crippen LogP contribution < -0.4 is 10.9 Å². The van der Waals surface area contributed by atoms with E-state index in [9.17, 15) is 14.4 Å². The quantitative estimate of drug-likeness (QED) is 0.663. The summed E-state index contributed by atoms with van der Waals surface area (Å²) in [5.74, 6) is -1.64. The zero-order valence-electron chi connectivity index (χ0n) is 11.8. The van der Waals surface area contributed by atoms with Crippen molar-refractivity contribution in [3.05, 3.63) is 57.8 Å². The molecule has 0 aliphatic heterocycles. The fourth-order valence-corrected chi connectivity index (χ4v) is 2.33. The first-order valence-corrected chi connectivity index (χ1v) is 7.25. The van der Waals surface area contributed by atoms with Gasteiger partial charge in [-0.1, -0.05) is 18.2 Å². The molecule has 6 nitrogen and oxygen atoms in total. The Labute approximate surface area is 131 Å². The fraction of sp³-hybridized carbons (Fsp3) is 0.133. The molecule has 0 saturated carbocycles. The summed E-state index contributed by atoms with van der Waals surface area (Å²) in [6.07, 6.45) is 0. The molecule has 0 fully saturated rings. The monoisotopic (exact) mass is 318 g/mol. The van der Waals surface area contributed by atoms with Gasteiger partial charge in [-0.25, -0.2) is 4.79 Å². The summed E-state index contributed by atoms with van der Waals surface area (Å²) in [7, 11) is 0. The molecule has 2 rings (SSSR count). The highest BCUT2D eigenvalue weighted by molar-refractivity contribution is 7.13. The van der Waals surface area contributed by atoms with E-state index in [1.807, 2.05) is 6.92 Å². The Morgan fingerprint density at radius 3 is 2.41 bits per heavy atom. The lowest BCUT2D eigenvalue weighted by atomic mass is 10.2. The predicted octanol–water partition coefficient (Wildman–Crippen LogP) is 1.67. The first-order chi connectivity index (χ1) is 10.6. The third-order valence-corrected chi connectivity index (χ3v) is 3.61. The number of carbonyl (C=O) groups is 3. The second-order valence-corrected chi connectivity index (χ2v) is 5.64. The number of thiophene rings is 1. The molecule has 1 heterocycles. The number of hydrogen-bond donors (Lipinski definition) is 2. The van der Waals surface area contributed by atoms with Gasteiger partial charge in [0.15, 0.2) is 6.61 Å². The van der Waals surface area contributed by atoms with Crippen LogP contribution in [0.25, 0.3) is 0 Å². The van der Waals surface area contributed by atoms with Crippen LogP contribution in [0.1, 0.15) is 24.9 Å². The van der Waals surface area contributed by atoms with Gasteiger partial charge in [0.25, 0.3) is 11.8 Å². The van der Waals surface area contributed by atoms with Crippen LogP contribution in [-0.4, -0.2) is 24.4 Å². The average molecular weight is 318 g/mol. The molecule has 114 valence electrons. The van der Waals surface area contributed by atoms with E-state index in [-0.39, 0.29) is 0 Å². The zero-order chi connectivity index (χ0) is 15.9. The van der Waals surface area contributed by atoms with Gasteiger partial charge >= 0.3 is 5.97 Å². The van der Waals surface area contributed by atoms with Crippen LogP contribution >= 0.6 is 11.3 Å². The molecule has 0 spiro atoms. The van der Waals surface area contributed by atoms with E-state index < -0.39 is 24.4 Å². The molecule has 2 amide bonds. The number of amides is 2. The number of ether oxygens (including phenoxy) is 1. The molecule has 0 bridgehead atoms. The Morgan fingerprint density at radius 1 is 1.05 bits per heavy atom. The van der Waals surface area contributed by atoms with Gasteiger partial charge in [0.1, 0.15) is 4.88 Å². The number of aryl methyl sites for hydroxylation is 1. The maximum atomic E-state index is 11.7. The van der Waals surface area contributed by atoms with Crippen molar-refractivity contribution in [1.29, 1.82) is 0 Å². The number of esters is 1. The Balaban J connectivity index is 1.74. The molecule has 2 aromatic rings. The number of benzene rings is 1. The molecular weight excluding hydrogens is 304 g/mol. The minimum absolute atomic E-state index is 0.411. The maximum absolute atomic E-state index is 11.7. The fourth-order valence-electron chi connectivity index (χ4n) is 1.57. The third kappa shape index (κ3) is 4.42. The van der Waals surface area contributed by atoms with Gasteiger partial charge in [-0.3, -0.25) is 20.4 Å². The van der Waals surface area contributed by atoms with E-state index in [1.165, 1.54) is 11.3 Å². The third-order valence-electron chi connectivity index (χ3n) is 2.63. The summed E-state index contributed by atoms with van der Waals surface area (Å²) in [5.41, 5.74) is 4.83. The number of nitrogens with one attached hydrogen (secondary N) is 2. The van der Waals surface area contributed by atoms with E-state index in [2.05, 4.69) is 10.9 Å². The summed E-state index contributed by atoms with van der Waals surface area (Å²) in [6, 6.07) is 11.9. The molecule has 0 aliphatic carbocycles. The summed E-state index contributed by atoms with van der Waals surface area (Å²) in [5, 5.41) is 0. The largest absolute Gasteiger partial charge is 0.451 e. The molecule has 22 heavy (non-hydrogen) atoms. The van der Waals surface area contributed by atoms with E-state index in [4.69, 9.17) is 4.74 Å². The minimum atomic E-state index is -0.620. The van der Waals surface area contributed by atoms with Crippen LogP contribution in [0.15, 0.2) is 42.5 Å². The molecule has 7 heteroatoms. The second kappa shape index (κ2) is 7.37. The van der Waals surface area contributed by atoms with E-state index in [0.29, 0.717) is 10.4 Å². The lowest BCUT2D eigenvalue weighted by molar-refractivity contribution is -0.125. The van der Waals surface area contributed by atoms with Gasteiger partial charge in [-0.2, -0.15) is 0 Å². The highest BCUT2D eigenvalue weighted by Gasteiger charge is 2.12. The van der Waals surface area contributed by atoms with Gasteiger partial charge in [0.05, 0.1) is 0 Å². The van der Waals surface area contributed by atoms with Gasteiger partial charge in [-0.05, 0) is 31.2 Å². The minimum Gasteiger partial charge on any atom is -0.451 e. The Morgan fingerprint density at radius 2 is 1.77 bits per heavy atom. The molecule has 1 aromatic carbocycles. The van der Waals surface area contributed by atoms with Crippen LogP contribution in [0.2, 0.25) is 0 Å². The van der Waals surface area contributed by atoms with E-state index in [1.54, 1.807) is 42.5 Å². The highest BCUT2D eigenvalue weighted by Crippen LogP contribution is 2.15. The van der Waals surface area contributed by atoms with Crippen molar-refractivity contribution in [2.75, 3.05) is 6.61 Å². The molecule has 1 aromatic heterocycles. The predicted molar refractivity (Wildman–Crippen MR) is 81.4 cm³/mol. The summed E-state index contributed by atoms with van der Waals surface area (Å²) in [4.78, 5) is 36.3. The number of carbonyl (C=O) groups excluding carboxylic acids is 3. The molecule has 0 unspecified atom stereocenters. The van der Waals surface area contributed by atoms with Gasteiger partial charge in [0, 0.05) is 10.4 Å². The van der Waals surface area contributed by atoms with Crippen LogP contribution in [0.4, 0.5) is 0 Å². The number of rotatable bonds is 4. The molecule has 0 aliphatic rings. The standard InChI is InChI=1S/C15H14N2O4S/c1-10-7-8-12(22-10)15(20)21-9-13(18)16-17-14(19)11-5-3-2-4-6-11/h2-8H,9H2,1H3,(H,16,18)(H,17,19). The summed E-state index contributed by atoms with van der Waals surface area (Å²) >= 11 is 1.29. The van der Waals surface area contributed by atoms with Crippen molar-refractivity contribution in [3.8, 4) is 0 Å².